The molecule has 1 aliphatic heterocycles. The van der Waals surface area contributed by atoms with Gasteiger partial charge in [0.1, 0.15) is 11.5 Å². The van der Waals surface area contributed by atoms with Crippen molar-refractivity contribution in [2.45, 2.75) is 32.4 Å². The predicted molar refractivity (Wildman–Crippen MR) is 69.6 cm³/mol. The molecule has 0 aromatic carbocycles. The van der Waals surface area contributed by atoms with Gasteiger partial charge in [-0.05, 0) is 38.0 Å². The first-order chi connectivity index (χ1) is 9.31. The lowest BCUT2D eigenvalue weighted by atomic mass is 10.1. The second kappa shape index (κ2) is 4.91. The standard InChI is InChI=1S/C14H17N3O2/c1-2-17-12(7-8-15-17)14(18)16-9-3-5-11(16)13-6-4-10-19-13/h4,6-8,10-11H,2-3,5,9H2,1H3. The van der Waals surface area contributed by atoms with Gasteiger partial charge in [0.2, 0.25) is 0 Å². The number of hydrogen-bond acceptors (Lipinski definition) is 3. The summed E-state index contributed by atoms with van der Waals surface area (Å²) in [4.78, 5) is 14.5. The molecule has 2 aromatic heterocycles. The summed E-state index contributed by atoms with van der Waals surface area (Å²) >= 11 is 0. The van der Waals surface area contributed by atoms with E-state index in [1.165, 1.54) is 0 Å². The SMILES string of the molecule is CCn1nccc1C(=O)N1CCCC1c1ccco1. The molecular weight excluding hydrogens is 242 g/mol. The number of hydrogen-bond donors (Lipinski definition) is 0. The molecule has 3 rings (SSSR count). The van der Waals surface area contributed by atoms with Gasteiger partial charge in [-0.3, -0.25) is 9.48 Å². The number of likely N-dealkylation sites (tertiary alicyclic amines) is 1. The number of aryl methyl sites for hydroxylation is 1. The minimum atomic E-state index is 0.0400. The van der Waals surface area contributed by atoms with Crippen molar-refractivity contribution in [1.29, 1.82) is 0 Å². The molecule has 3 heterocycles. The van der Waals surface area contributed by atoms with E-state index in [0.29, 0.717) is 12.2 Å². The van der Waals surface area contributed by atoms with E-state index in [2.05, 4.69) is 5.10 Å². The number of carbonyl (C=O) groups is 1. The fourth-order valence-electron chi connectivity index (χ4n) is 2.70. The number of rotatable bonds is 3. The van der Waals surface area contributed by atoms with E-state index in [9.17, 15) is 4.79 Å². The summed E-state index contributed by atoms with van der Waals surface area (Å²) in [5.41, 5.74) is 0.654. The average Bonchev–Trinajstić information content (AvgIpc) is 3.16. The molecule has 19 heavy (non-hydrogen) atoms. The van der Waals surface area contributed by atoms with Crippen LogP contribution in [0, 0.1) is 0 Å². The van der Waals surface area contributed by atoms with Gasteiger partial charge in [0.05, 0.1) is 12.3 Å². The Bertz CT molecular complexity index is 559. The van der Waals surface area contributed by atoms with E-state index in [-0.39, 0.29) is 11.9 Å². The Kier molecular flexibility index (Phi) is 3.11. The van der Waals surface area contributed by atoms with Crippen LogP contribution in [0.1, 0.15) is 42.1 Å². The highest BCUT2D eigenvalue weighted by Crippen LogP contribution is 2.33. The molecule has 0 aliphatic carbocycles. The smallest absolute Gasteiger partial charge is 0.272 e. The van der Waals surface area contributed by atoms with Crippen molar-refractivity contribution >= 4 is 5.91 Å². The van der Waals surface area contributed by atoms with Crippen LogP contribution in [-0.4, -0.2) is 27.1 Å². The zero-order chi connectivity index (χ0) is 13.2. The van der Waals surface area contributed by atoms with E-state index in [4.69, 9.17) is 4.42 Å². The molecule has 2 aromatic rings. The van der Waals surface area contributed by atoms with Crippen molar-refractivity contribution in [1.82, 2.24) is 14.7 Å². The minimum Gasteiger partial charge on any atom is -0.467 e. The van der Waals surface area contributed by atoms with Crippen molar-refractivity contribution in [3.8, 4) is 0 Å². The fraction of sp³-hybridized carbons (Fsp3) is 0.429. The summed E-state index contributed by atoms with van der Waals surface area (Å²) in [6.45, 7) is 3.46. The van der Waals surface area contributed by atoms with Crippen molar-refractivity contribution in [3.63, 3.8) is 0 Å². The highest BCUT2D eigenvalue weighted by atomic mass is 16.3. The molecule has 0 bridgehead atoms. The summed E-state index contributed by atoms with van der Waals surface area (Å²) < 4.78 is 7.19. The van der Waals surface area contributed by atoms with E-state index in [1.807, 2.05) is 24.0 Å². The van der Waals surface area contributed by atoms with Crippen molar-refractivity contribution in [2.24, 2.45) is 0 Å². The van der Waals surface area contributed by atoms with Crippen LogP contribution in [0.4, 0.5) is 0 Å². The lowest BCUT2D eigenvalue weighted by molar-refractivity contribution is 0.0707. The Morgan fingerprint density at radius 1 is 1.53 bits per heavy atom. The van der Waals surface area contributed by atoms with Gasteiger partial charge in [-0.15, -0.1) is 0 Å². The molecule has 1 amide bonds. The lowest BCUT2D eigenvalue weighted by Gasteiger charge is -2.23. The molecule has 100 valence electrons. The van der Waals surface area contributed by atoms with Gasteiger partial charge < -0.3 is 9.32 Å². The van der Waals surface area contributed by atoms with Crippen LogP contribution in [0.2, 0.25) is 0 Å². The monoisotopic (exact) mass is 259 g/mol. The molecule has 1 atom stereocenters. The topological polar surface area (TPSA) is 51.3 Å². The lowest BCUT2D eigenvalue weighted by Crippen LogP contribution is -2.32. The largest absolute Gasteiger partial charge is 0.467 e. The first-order valence-corrected chi connectivity index (χ1v) is 6.67. The van der Waals surface area contributed by atoms with Gasteiger partial charge >= 0.3 is 0 Å². The van der Waals surface area contributed by atoms with Crippen molar-refractivity contribution in [2.75, 3.05) is 6.54 Å². The zero-order valence-electron chi connectivity index (χ0n) is 11.0. The molecule has 0 N–H and O–H groups in total. The maximum Gasteiger partial charge on any atom is 0.272 e. The van der Waals surface area contributed by atoms with Crippen molar-refractivity contribution < 1.29 is 9.21 Å². The van der Waals surface area contributed by atoms with E-state index < -0.39 is 0 Å². The van der Waals surface area contributed by atoms with Crippen LogP contribution < -0.4 is 0 Å². The number of aromatic nitrogens is 2. The maximum atomic E-state index is 12.6. The van der Waals surface area contributed by atoms with Crippen LogP contribution in [0.3, 0.4) is 0 Å². The predicted octanol–water partition coefficient (Wildman–Crippen LogP) is 2.47. The molecule has 1 fully saturated rings. The zero-order valence-corrected chi connectivity index (χ0v) is 11.0. The van der Waals surface area contributed by atoms with E-state index in [1.54, 1.807) is 23.2 Å². The first kappa shape index (κ1) is 12.0. The first-order valence-electron chi connectivity index (χ1n) is 6.67. The van der Waals surface area contributed by atoms with Gasteiger partial charge in [-0.2, -0.15) is 5.10 Å². The normalized spacial score (nSPS) is 19.0. The summed E-state index contributed by atoms with van der Waals surface area (Å²) in [5.74, 6) is 0.909. The van der Waals surface area contributed by atoms with Crippen molar-refractivity contribution in [3.05, 3.63) is 42.1 Å². The molecule has 0 radical (unpaired) electrons. The second-order valence-corrected chi connectivity index (χ2v) is 4.70. The van der Waals surface area contributed by atoms with Crippen LogP contribution in [0.25, 0.3) is 0 Å². The third-order valence-corrected chi connectivity index (χ3v) is 3.62. The van der Waals surface area contributed by atoms with Crippen LogP contribution in [-0.2, 0) is 6.54 Å². The van der Waals surface area contributed by atoms with Gasteiger partial charge in [0.25, 0.3) is 5.91 Å². The highest BCUT2D eigenvalue weighted by Gasteiger charge is 2.33. The fourth-order valence-corrected chi connectivity index (χ4v) is 2.70. The number of furan rings is 1. The second-order valence-electron chi connectivity index (χ2n) is 4.70. The molecule has 0 spiro atoms. The van der Waals surface area contributed by atoms with Crippen LogP contribution >= 0.6 is 0 Å². The van der Waals surface area contributed by atoms with Gasteiger partial charge in [0.15, 0.2) is 0 Å². The summed E-state index contributed by atoms with van der Waals surface area (Å²) in [5, 5.41) is 4.16. The molecule has 5 heteroatoms. The van der Waals surface area contributed by atoms with Crippen LogP contribution in [0.5, 0.6) is 0 Å². The Morgan fingerprint density at radius 3 is 3.16 bits per heavy atom. The molecular formula is C14H17N3O2. The highest BCUT2D eigenvalue weighted by molar-refractivity contribution is 5.93. The summed E-state index contributed by atoms with van der Waals surface area (Å²) in [7, 11) is 0. The van der Waals surface area contributed by atoms with Gasteiger partial charge in [0, 0.05) is 19.3 Å². The number of amides is 1. The molecule has 1 saturated heterocycles. The third-order valence-electron chi connectivity index (χ3n) is 3.62. The Labute approximate surface area is 111 Å². The minimum absolute atomic E-state index is 0.0400. The summed E-state index contributed by atoms with van der Waals surface area (Å²) in [6, 6.07) is 5.64. The molecule has 0 saturated carbocycles. The Morgan fingerprint density at radius 2 is 2.42 bits per heavy atom. The van der Waals surface area contributed by atoms with Crippen LogP contribution in [0.15, 0.2) is 35.1 Å². The number of nitrogens with zero attached hydrogens (tertiary/aromatic N) is 3. The summed E-state index contributed by atoms with van der Waals surface area (Å²) in [6.07, 6.45) is 5.30. The Balaban J connectivity index is 1.87. The average molecular weight is 259 g/mol. The third kappa shape index (κ3) is 2.05. The quantitative estimate of drug-likeness (QED) is 0.850. The Hall–Kier alpha value is -2.04. The van der Waals surface area contributed by atoms with E-state index in [0.717, 1.165) is 25.1 Å². The molecule has 1 aliphatic rings. The van der Waals surface area contributed by atoms with E-state index >= 15 is 0 Å². The van der Waals surface area contributed by atoms with Gasteiger partial charge in [-0.25, -0.2) is 0 Å². The maximum absolute atomic E-state index is 12.6. The number of carbonyl (C=O) groups excluding carboxylic acids is 1. The molecule has 5 nitrogen and oxygen atoms in total. The van der Waals surface area contributed by atoms with Gasteiger partial charge in [-0.1, -0.05) is 0 Å². The molecule has 1 unspecified atom stereocenters.